The van der Waals surface area contributed by atoms with E-state index in [4.69, 9.17) is 44.3 Å². The van der Waals surface area contributed by atoms with Gasteiger partial charge < -0.3 is 14.4 Å². The average molecular weight is 639 g/mol. The van der Waals surface area contributed by atoms with Crippen LogP contribution in [0, 0.1) is 0 Å². The van der Waals surface area contributed by atoms with Crippen LogP contribution >= 0.6 is 34.8 Å². The van der Waals surface area contributed by atoms with Crippen LogP contribution in [-0.4, -0.2) is 34.0 Å². The fraction of sp³-hybridized carbons (Fsp3) is 0.405. The summed E-state index contributed by atoms with van der Waals surface area (Å²) in [4.78, 5) is 2.35. The lowest BCUT2D eigenvalue weighted by atomic mass is 9.80. The van der Waals surface area contributed by atoms with Gasteiger partial charge in [-0.3, -0.25) is 0 Å². The number of fused-ring (bicyclic) bond motifs is 2. The van der Waals surface area contributed by atoms with Gasteiger partial charge in [0.15, 0.2) is 0 Å². The molecule has 0 radical (unpaired) electrons. The maximum Gasteiger partial charge on any atom is 0.0642 e. The Morgan fingerprint density at radius 3 is 2.23 bits per heavy atom. The quantitative estimate of drug-likeness (QED) is 0.273. The highest BCUT2D eigenvalue weighted by molar-refractivity contribution is 6.32. The third kappa shape index (κ3) is 6.17. The lowest BCUT2D eigenvalue weighted by Crippen LogP contribution is -2.28. The van der Waals surface area contributed by atoms with Crippen LogP contribution in [0.25, 0.3) is 5.57 Å². The van der Waals surface area contributed by atoms with E-state index < -0.39 is 0 Å². The van der Waals surface area contributed by atoms with Crippen LogP contribution in [0.2, 0.25) is 10.0 Å². The van der Waals surface area contributed by atoms with E-state index >= 15 is 0 Å². The van der Waals surface area contributed by atoms with Crippen LogP contribution in [0.5, 0.6) is 0 Å². The third-order valence-electron chi connectivity index (χ3n) is 9.26. The molecular weight excluding hydrogens is 597 g/mol. The van der Waals surface area contributed by atoms with E-state index in [9.17, 15) is 0 Å². The normalized spacial score (nSPS) is 21.1. The number of nitrogens with zero attached hydrogens (tertiary/aromatic N) is 1. The highest BCUT2D eigenvalue weighted by Crippen LogP contribution is 2.50. The van der Waals surface area contributed by atoms with E-state index in [0.717, 1.165) is 47.3 Å². The van der Waals surface area contributed by atoms with Crippen molar-refractivity contribution in [2.45, 2.75) is 64.2 Å². The van der Waals surface area contributed by atoms with Gasteiger partial charge in [-0.1, -0.05) is 86.8 Å². The molecule has 3 aliphatic rings. The minimum Gasteiger partial charge on any atom is -0.384 e. The summed E-state index contributed by atoms with van der Waals surface area (Å²) in [6, 6.07) is 12.4. The molecule has 0 fully saturated rings. The van der Waals surface area contributed by atoms with Gasteiger partial charge in [-0.25, -0.2) is 0 Å². The van der Waals surface area contributed by atoms with E-state index in [-0.39, 0.29) is 10.8 Å². The fourth-order valence-corrected chi connectivity index (χ4v) is 7.55. The second-order valence-electron chi connectivity index (χ2n) is 12.7. The molecule has 0 spiro atoms. The zero-order valence-electron chi connectivity index (χ0n) is 26.1. The number of methoxy groups -OCH3 is 2. The summed E-state index contributed by atoms with van der Waals surface area (Å²) in [5.41, 5.74) is 10.8. The lowest BCUT2D eigenvalue weighted by molar-refractivity contribution is 0.206. The minimum atomic E-state index is -0.199. The number of ether oxygens (including phenoxy) is 2. The molecule has 0 amide bonds. The molecule has 43 heavy (non-hydrogen) atoms. The predicted octanol–water partition coefficient (Wildman–Crippen LogP) is 10.6. The van der Waals surface area contributed by atoms with Crippen molar-refractivity contribution in [3.8, 4) is 0 Å². The van der Waals surface area contributed by atoms with Gasteiger partial charge in [-0.05, 0) is 101 Å². The van der Waals surface area contributed by atoms with Gasteiger partial charge in [0.25, 0.3) is 0 Å². The Labute approximate surface area is 272 Å². The Morgan fingerprint density at radius 1 is 0.814 bits per heavy atom. The van der Waals surface area contributed by atoms with Crippen LogP contribution in [0.3, 0.4) is 0 Å². The molecule has 2 aliphatic carbocycles. The van der Waals surface area contributed by atoms with E-state index in [0.29, 0.717) is 13.2 Å². The zero-order chi connectivity index (χ0) is 30.9. The summed E-state index contributed by atoms with van der Waals surface area (Å²) in [5, 5.41) is 2.38. The molecule has 0 saturated heterocycles. The SMILES string of the molecule is COCCC1=C(C=CC2=C(Cl)C(=CC=C3N(CCOC)c4ccc(Cl)cc4C3(C)C)CCC2)C(C)(C)c2cc(Cl)ccc21. The van der Waals surface area contributed by atoms with Gasteiger partial charge in [-0.15, -0.1) is 0 Å². The van der Waals surface area contributed by atoms with Crippen molar-refractivity contribution >= 4 is 46.1 Å². The molecule has 1 aliphatic heterocycles. The number of hydrogen-bond donors (Lipinski definition) is 0. The molecule has 3 nitrogen and oxygen atoms in total. The van der Waals surface area contributed by atoms with Crippen molar-refractivity contribution in [2.24, 2.45) is 0 Å². The van der Waals surface area contributed by atoms with Gasteiger partial charge in [0.1, 0.15) is 0 Å². The number of halogens is 3. The third-order valence-corrected chi connectivity index (χ3v) is 10.2. The Kier molecular flexibility index (Phi) is 9.71. The highest BCUT2D eigenvalue weighted by atomic mass is 35.5. The monoisotopic (exact) mass is 637 g/mol. The second-order valence-corrected chi connectivity index (χ2v) is 13.9. The van der Waals surface area contributed by atoms with Gasteiger partial charge in [0.2, 0.25) is 0 Å². The number of rotatable bonds is 9. The van der Waals surface area contributed by atoms with Crippen molar-refractivity contribution in [3.05, 3.63) is 115 Å². The summed E-state index contributed by atoms with van der Waals surface area (Å²) in [6.07, 6.45) is 12.8. The Balaban J connectivity index is 1.50. The molecule has 0 aromatic heterocycles. The highest BCUT2D eigenvalue weighted by Gasteiger charge is 2.40. The molecule has 0 atom stereocenters. The van der Waals surface area contributed by atoms with Crippen molar-refractivity contribution in [2.75, 3.05) is 38.9 Å². The van der Waals surface area contributed by atoms with E-state index in [1.54, 1.807) is 14.2 Å². The van der Waals surface area contributed by atoms with Gasteiger partial charge in [0, 0.05) is 58.1 Å². The van der Waals surface area contributed by atoms with Crippen molar-refractivity contribution in [1.29, 1.82) is 0 Å². The second kappa shape index (κ2) is 13.0. The molecule has 0 bridgehead atoms. The smallest absolute Gasteiger partial charge is 0.0642 e. The summed E-state index contributed by atoms with van der Waals surface area (Å²) >= 11 is 20.0. The molecule has 6 heteroatoms. The summed E-state index contributed by atoms with van der Waals surface area (Å²) in [7, 11) is 3.50. The molecule has 1 heterocycles. The Morgan fingerprint density at radius 2 is 1.51 bits per heavy atom. The van der Waals surface area contributed by atoms with Crippen molar-refractivity contribution in [1.82, 2.24) is 0 Å². The van der Waals surface area contributed by atoms with Crippen molar-refractivity contribution in [3.63, 3.8) is 0 Å². The molecule has 228 valence electrons. The number of anilines is 1. The first-order valence-corrected chi connectivity index (χ1v) is 16.2. The van der Waals surface area contributed by atoms with Gasteiger partial charge >= 0.3 is 0 Å². The first-order valence-electron chi connectivity index (χ1n) is 15.1. The summed E-state index contributed by atoms with van der Waals surface area (Å²) in [5.74, 6) is 0. The lowest BCUT2D eigenvalue weighted by Gasteiger charge is -2.27. The maximum atomic E-state index is 7.15. The molecule has 2 aromatic carbocycles. The molecule has 0 unspecified atom stereocenters. The molecule has 2 aromatic rings. The van der Waals surface area contributed by atoms with E-state index in [1.807, 2.05) is 12.1 Å². The number of benzene rings is 2. The van der Waals surface area contributed by atoms with Gasteiger partial charge in [0.05, 0.1) is 13.2 Å². The molecular formula is C37H42Cl3NO2. The molecule has 5 rings (SSSR count). The largest absolute Gasteiger partial charge is 0.384 e. The minimum absolute atomic E-state index is 0.164. The molecule has 0 N–H and O–H groups in total. The van der Waals surface area contributed by atoms with E-state index in [2.05, 4.69) is 81.2 Å². The van der Waals surface area contributed by atoms with E-state index in [1.165, 1.54) is 50.4 Å². The van der Waals surface area contributed by atoms with Crippen LogP contribution in [0.1, 0.15) is 70.1 Å². The fourth-order valence-electron chi connectivity index (χ4n) is 6.89. The number of allylic oxidation sites excluding steroid dienone is 9. The zero-order valence-corrected chi connectivity index (χ0v) is 28.4. The maximum absolute atomic E-state index is 7.15. The van der Waals surface area contributed by atoms with Crippen molar-refractivity contribution < 1.29 is 9.47 Å². The average Bonchev–Trinajstić information content (AvgIpc) is 3.31. The first-order chi connectivity index (χ1) is 20.5. The van der Waals surface area contributed by atoms with Crippen LogP contribution in [0.15, 0.2) is 88.2 Å². The first kappa shape index (κ1) is 32.1. The predicted molar refractivity (Wildman–Crippen MR) is 184 cm³/mol. The number of hydrogen-bond acceptors (Lipinski definition) is 3. The van der Waals surface area contributed by atoms with Crippen LogP contribution in [0.4, 0.5) is 5.69 Å². The molecule has 0 saturated carbocycles. The Hall–Kier alpha value is -2.27. The standard InChI is InChI=1S/C37H42Cl3NO2/c1-36(2)30(29(18-20-42-5)28-14-12-26(38)22-31(28)36)15-10-24-8-7-9-25(35(24)40)11-17-34-37(3,4)32-23-27(39)13-16-33(32)41(34)19-21-43-6/h10-17,22-23H,7-9,18-21H2,1-6H3. The Bertz CT molecular complexity index is 1560. The topological polar surface area (TPSA) is 21.7 Å². The van der Waals surface area contributed by atoms with Gasteiger partial charge in [-0.2, -0.15) is 0 Å². The summed E-state index contributed by atoms with van der Waals surface area (Å²) in [6.45, 7) is 11.1. The van der Waals surface area contributed by atoms with Crippen LogP contribution in [-0.2, 0) is 20.3 Å². The summed E-state index contributed by atoms with van der Waals surface area (Å²) < 4.78 is 10.9. The van der Waals surface area contributed by atoms with Crippen LogP contribution < -0.4 is 4.90 Å².